The molecule has 3 N–H and O–H groups in total. The third kappa shape index (κ3) is 5.04. The van der Waals surface area contributed by atoms with Gasteiger partial charge in [0.05, 0.1) is 11.6 Å². The van der Waals surface area contributed by atoms with Crippen molar-refractivity contribution >= 4 is 40.3 Å². The third-order valence-corrected chi connectivity index (χ3v) is 8.99. The van der Waals surface area contributed by atoms with Crippen LogP contribution in [0.15, 0.2) is 30.5 Å². The molecule has 39 heavy (non-hydrogen) atoms. The Bertz CT molecular complexity index is 1360. The highest BCUT2D eigenvalue weighted by Gasteiger charge is 2.51. The molecule has 2 aliphatic heterocycles. The van der Waals surface area contributed by atoms with Gasteiger partial charge >= 0.3 is 0 Å². The van der Waals surface area contributed by atoms with Crippen LogP contribution in [-0.2, 0) is 26.2 Å². The number of carbonyl (C=O) groups excluding carboxylic acids is 5. The average molecular weight is 534 g/mol. The largest absolute Gasteiger partial charge is 0.356 e. The van der Waals surface area contributed by atoms with E-state index in [4.69, 9.17) is 0 Å². The van der Waals surface area contributed by atoms with Crippen LogP contribution in [0, 0.1) is 11.3 Å². The molecule has 3 heterocycles. The summed E-state index contributed by atoms with van der Waals surface area (Å²) in [6, 6.07) is 5.78. The number of rotatable bonds is 8. The molecule has 2 aromatic rings. The number of hydrogen-bond donors (Lipinski definition) is 3. The zero-order chi connectivity index (χ0) is 27.3. The molecule has 6 rings (SSSR count). The van der Waals surface area contributed by atoms with E-state index in [0.29, 0.717) is 31.5 Å². The molecule has 10 heteroatoms. The minimum atomic E-state index is -1.13. The van der Waals surface area contributed by atoms with Crippen molar-refractivity contribution in [3.63, 3.8) is 0 Å². The van der Waals surface area contributed by atoms with Crippen molar-refractivity contribution < 1.29 is 24.0 Å². The molecule has 2 aliphatic carbocycles. The third-order valence-electron chi connectivity index (χ3n) is 8.99. The molecule has 2 saturated heterocycles. The van der Waals surface area contributed by atoms with E-state index in [0.717, 1.165) is 43.0 Å². The van der Waals surface area contributed by atoms with Gasteiger partial charge < -0.3 is 25.4 Å². The molecule has 4 aliphatic rings. The number of nitrogens with one attached hydrogen (secondary N) is 3. The number of ketones is 1. The lowest BCUT2D eigenvalue weighted by molar-refractivity contribution is -0.141. The molecule has 2 saturated carbocycles. The summed E-state index contributed by atoms with van der Waals surface area (Å²) in [6.07, 6.45) is 7.45. The van der Waals surface area contributed by atoms with Crippen molar-refractivity contribution in [3.8, 4) is 0 Å². The van der Waals surface area contributed by atoms with Crippen LogP contribution in [-0.4, -0.2) is 70.1 Å². The van der Waals surface area contributed by atoms with Crippen LogP contribution in [0.2, 0.25) is 0 Å². The van der Waals surface area contributed by atoms with E-state index in [9.17, 15) is 24.0 Å². The summed E-state index contributed by atoms with van der Waals surface area (Å²) in [4.78, 5) is 67.6. The molecule has 10 nitrogen and oxygen atoms in total. The first-order chi connectivity index (χ1) is 18.7. The van der Waals surface area contributed by atoms with Gasteiger partial charge in [0, 0.05) is 49.2 Å². The Kier molecular flexibility index (Phi) is 6.43. The first kappa shape index (κ1) is 25.6. The molecule has 3 atom stereocenters. The highest BCUT2D eigenvalue weighted by molar-refractivity contribution is 6.38. The zero-order valence-corrected chi connectivity index (χ0v) is 22.2. The molecule has 0 radical (unpaired) electrons. The van der Waals surface area contributed by atoms with Gasteiger partial charge in [0.2, 0.25) is 17.6 Å². The van der Waals surface area contributed by atoms with Crippen LogP contribution in [0.25, 0.3) is 10.9 Å². The van der Waals surface area contributed by atoms with Crippen molar-refractivity contribution in [2.24, 2.45) is 18.4 Å². The van der Waals surface area contributed by atoms with Crippen LogP contribution in [0.4, 0.5) is 0 Å². The minimum Gasteiger partial charge on any atom is -0.356 e. The monoisotopic (exact) mass is 533 g/mol. The smallest absolute Gasteiger partial charge is 0.289 e. The predicted octanol–water partition coefficient (Wildman–Crippen LogP) is 1.42. The van der Waals surface area contributed by atoms with Gasteiger partial charge in [0.25, 0.3) is 11.8 Å². The fourth-order valence-corrected chi connectivity index (χ4v) is 6.21. The number of piperidine rings is 1. The molecular weight excluding hydrogens is 498 g/mol. The van der Waals surface area contributed by atoms with Crippen molar-refractivity contribution in [3.05, 3.63) is 36.0 Å². The van der Waals surface area contributed by atoms with Gasteiger partial charge in [-0.1, -0.05) is 18.2 Å². The molecule has 0 bridgehead atoms. The number of carbonyl (C=O) groups is 5. The second-order valence-electron chi connectivity index (χ2n) is 11.8. The van der Waals surface area contributed by atoms with Crippen LogP contribution < -0.4 is 16.0 Å². The van der Waals surface area contributed by atoms with Crippen molar-refractivity contribution in [1.82, 2.24) is 25.4 Å². The molecule has 4 amide bonds. The quantitative estimate of drug-likeness (QED) is 0.442. The highest BCUT2D eigenvalue weighted by atomic mass is 16.2. The fraction of sp³-hybridized carbons (Fsp3) is 0.552. The molecule has 4 fully saturated rings. The lowest BCUT2D eigenvalue weighted by atomic mass is 9.86. The second kappa shape index (κ2) is 9.81. The Morgan fingerprint density at radius 1 is 1.10 bits per heavy atom. The van der Waals surface area contributed by atoms with Crippen LogP contribution in [0.3, 0.4) is 0 Å². The summed E-state index contributed by atoms with van der Waals surface area (Å²) < 4.78 is 1.91. The number of nitrogens with zero attached hydrogens (tertiary/aromatic N) is 2. The predicted molar refractivity (Wildman–Crippen MR) is 142 cm³/mol. The van der Waals surface area contributed by atoms with E-state index in [1.54, 1.807) is 11.1 Å². The number of likely N-dealkylation sites (tertiary alicyclic amines) is 1. The van der Waals surface area contributed by atoms with Gasteiger partial charge in [-0.15, -0.1) is 0 Å². The zero-order valence-electron chi connectivity index (χ0n) is 22.2. The maximum absolute atomic E-state index is 13.9. The van der Waals surface area contributed by atoms with E-state index >= 15 is 0 Å². The number of aryl methyl sites for hydroxylation is 1. The first-order valence-corrected chi connectivity index (χ1v) is 14.0. The number of aromatic nitrogens is 1. The second-order valence-corrected chi connectivity index (χ2v) is 11.8. The Balaban J connectivity index is 1.25. The number of para-hydroxylation sites is 1. The molecule has 1 spiro atoms. The SMILES string of the molecule is Cn1cc(C(=O)N2CCC3(CC3)C[C@H]2C(=O)N[C@@H](C[C@@H]2CCNC2=O)C(=O)C(=O)NC2CC2)c2ccccc21. The Morgan fingerprint density at radius 2 is 1.87 bits per heavy atom. The summed E-state index contributed by atoms with van der Waals surface area (Å²) in [7, 11) is 1.89. The Labute approximate surface area is 226 Å². The topological polar surface area (TPSA) is 130 Å². The van der Waals surface area contributed by atoms with E-state index in [2.05, 4.69) is 16.0 Å². The number of hydrogen-bond acceptors (Lipinski definition) is 5. The average Bonchev–Trinajstić information content (AvgIpc) is 3.84. The molecule has 1 aromatic carbocycles. The summed E-state index contributed by atoms with van der Waals surface area (Å²) >= 11 is 0. The fourth-order valence-electron chi connectivity index (χ4n) is 6.21. The van der Waals surface area contributed by atoms with Gasteiger partial charge in [-0.3, -0.25) is 24.0 Å². The number of Topliss-reactive ketones (excluding diaryl/α,β-unsaturated/α-hetero) is 1. The van der Waals surface area contributed by atoms with E-state index < -0.39 is 35.6 Å². The van der Waals surface area contributed by atoms with Gasteiger partial charge in [0.1, 0.15) is 6.04 Å². The van der Waals surface area contributed by atoms with Crippen LogP contribution >= 0.6 is 0 Å². The normalized spacial score (nSPS) is 24.3. The van der Waals surface area contributed by atoms with Crippen LogP contribution in [0.1, 0.15) is 61.7 Å². The lowest BCUT2D eigenvalue weighted by Crippen LogP contribution is -2.58. The van der Waals surface area contributed by atoms with Gasteiger partial charge in [0.15, 0.2) is 0 Å². The number of fused-ring (bicyclic) bond motifs is 1. The molecule has 1 aromatic heterocycles. The standard InChI is InChI=1S/C29H35N5O5/c1-33-16-20(19-4-2-3-5-22(19)33)28(39)34-13-11-29(9-10-29)15-23(34)26(37)32-21(14-17-8-12-30-25(17)36)24(35)27(38)31-18-6-7-18/h2-5,16-18,21,23H,6-15H2,1H3,(H,30,36)(H,31,38)(H,32,37)/t17-,21-,23-/m0/s1. The Morgan fingerprint density at radius 3 is 2.56 bits per heavy atom. The van der Waals surface area contributed by atoms with Gasteiger partial charge in [-0.2, -0.15) is 0 Å². The molecule has 0 unspecified atom stereocenters. The van der Waals surface area contributed by atoms with Crippen LogP contribution in [0.5, 0.6) is 0 Å². The summed E-state index contributed by atoms with van der Waals surface area (Å²) in [5, 5.41) is 9.12. The summed E-state index contributed by atoms with van der Waals surface area (Å²) in [5.41, 5.74) is 1.52. The molecule has 206 valence electrons. The van der Waals surface area contributed by atoms with E-state index in [-0.39, 0.29) is 29.7 Å². The lowest BCUT2D eigenvalue weighted by Gasteiger charge is -2.39. The first-order valence-electron chi connectivity index (χ1n) is 14.0. The maximum Gasteiger partial charge on any atom is 0.289 e. The number of amides is 4. The van der Waals surface area contributed by atoms with E-state index in [1.165, 1.54) is 0 Å². The van der Waals surface area contributed by atoms with Crippen molar-refractivity contribution in [1.29, 1.82) is 0 Å². The minimum absolute atomic E-state index is 0.00513. The molecular formula is C29H35N5O5. The van der Waals surface area contributed by atoms with Crippen molar-refractivity contribution in [2.75, 3.05) is 13.1 Å². The highest BCUT2D eigenvalue weighted by Crippen LogP contribution is 2.55. The summed E-state index contributed by atoms with van der Waals surface area (Å²) in [6.45, 7) is 0.955. The maximum atomic E-state index is 13.9. The van der Waals surface area contributed by atoms with Gasteiger partial charge in [-0.25, -0.2) is 0 Å². The number of benzene rings is 1. The van der Waals surface area contributed by atoms with Gasteiger partial charge in [-0.05, 0) is 62.8 Å². The van der Waals surface area contributed by atoms with E-state index in [1.807, 2.05) is 35.9 Å². The van der Waals surface area contributed by atoms with Crippen molar-refractivity contribution in [2.45, 2.75) is 69.5 Å². The Hall–Kier alpha value is -3.69. The summed E-state index contributed by atoms with van der Waals surface area (Å²) in [5.74, 6) is -2.75.